The van der Waals surface area contributed by atoms with E-state index in [1.165, 1.54) is 0 Å². The van der Waals surface area contributed by atoms with Crippen LogP contribution in [0.15, 0.2) is 0 Å². The fourth-order valence-corrected chi connectivity index (χ4v) is 2.56. The molecule has 2 N–H and O–H groups in total. The standard InChI is InChI=1S/C8H21NO4SSi/c1-2-13-15-8-4-6-9-5-3-7-14(10,11)12/h9H,2-8,15H2,1H3,(H,10,11,12). The van der Waals surface area contributed by atoms with Crippen molar-refractivity contribution in [2.24, 2.45) is 0 Å². The fraction of sp³-hybridized carbons (Fsp3) is 1.00. The molecule has 0 bridgehead atoms. The van der Waals surface area contributed by atoms with Crippen LogP contribution in [0.2, 0.25) is 6.04 Å². The molecule has 0 unspecified atom stereocenters. The average Bonchev–Trinajstić information content (AvgIpc) is 2.14. The van der Waals surface area contributed by atoms with E-state index in [4.69, 9.17) is 8.98 Å². The summed E-state index contributed by atoms with van der Waals surface area (Å²) in [6, 6.07) is 1.15. The minimum atomic E-state index is -3.78. The summed E-state index contributed by atoms with van der Waals surface area (Å²) in [4.78, 5) is 0. The molecule has 0 saturated heterocycles. The molecule has 92 valence electrons. The molecule has 0 aromatic rings. The quantitative estimate of drug-likeness (QED) is 0.321. The molecular weight excluding hydrogens is 234 g/mol. The largest absolute Gasteiger partial charge is 0.424 e. The Morgan fingerprint density at radius 2 is 2.00 bits per heavy atom. The van der Waals surface area contributed by atoms with Crippen LogP contribution in [0.5, 0.6) is 0 Å². The van der Waals surface area contributed by atoms with Crippen LogP contribution in [0.3, 0.4) is 0 Å². The van der Waals surface area contributed by atoms with E-state index in [1.807, 2.05) is 6.92 Å². The van der Waals surface area contributed by atoms with Gasteiger partial charge in [0.2, 0.25) is 0 Å². The Morgan fingerprint density at radius 1 is 1.33 bits per heavy atom. The molecule has 7 heteroatoms. The van der Waals surface area contributed by atoms with Gasteiger partial charge in [-0.25, -0.2) is 0 Å². The Hall–Kier alpha value is 0.0469. The molecule has 0 saturated carbocycles. The first-order valence-corrected chi connectivity index (χ1v) is 8.48. The van der Waals surface area contributed by atoms with Crippen LogP contribution in [0.25, 0.3) is 0 Å². The van der Waals surface area contributed by atoms with Crippen molar-refractivity contribution in [1.29, 1.82) is 0 Å². The minimum absolute atomic E-state index is 0.159. The van der Waals surface area contributed by atoms with Gasteiger partial charge in [-0.2, -0.15) is 8.42 Å². The van der Waals surface area contributed by atoms with Crippen molar-refractivity contribution < 1.29 is 17.4 Å². The maximum Gasteiger partial charge on any atom is 0.264 e. The third-order valence-corrected chi connectivity index (χ3v) is 4.14. The van der Waals surface area contributed by atoms with Crippen LogP contribution in [-0.2, 0) is 14.5 Å². The zero-order valence-corrected chi connectivity index (χ0v) is 11.5. The second-order valence-corrected chi connectivity index (χ2v) is 6.39. The molecule has 0 aromatic heterocycles. The van der Waals surface area contributed by atoms with Crippen LogP contribution in [-0.4, -0.2) is 48.2 Å². The second kappa shape index (κ2) is 9.29. The maximum atomic E-state index is 10.4. The lowest BCUT2D eigenvalue weighted by molar-refractivity contribution is 0.359. The Bertz CT molecular complexity index is 233. The topological polar surface area (TPSA) is 75.6 Å². The monoisotopic (exact) mass is 255 g/mol. The van der Waals surface area contributed by atoms with Crippen LogP contribution in [0.4, 0.5) is 0 Å². The molecule has 0 aliphatic heterocycles. The van der Waals surface area contributed by atoms with Crippen LogP contribution < -0.4 is 5.32 Å². The molecule has 0 aliphatic carbocycles. The smallest absolute Gasteiger partial charge is 0.264 e. The average molecular weight is 255 g/mol. The summed E-state index contributed by atoms with van der Waals surface area (Å²) in [5, 5.41) is 3.13. The highest BCUT2D eigenvalue weighted by atomic mass is 32.2. The molecule has 0 fully saturated rings. The summed E-state index contributed by atoms with van der Waals surface area (Å²) in [5.74, 6) is -0.159. The highest BCUT2D eigenvalue weighted by Crippen LogP contribution is 1.89. The molecule has 0 atom stereocenters. The van der Waals surface area contributed by atoms with Crippen molar-refractivity contribution in [2.45, 2.75) is 25.8 Å². The predicted octanol–water partition coefficient (Wildman–Crippen LogP) is -0.217. The van der Waals surface area contributed by atoms with E-state index >= 15 is 0 Å². The van der Waals surface area contributed by atoms with Gasteiger partial charge < -0.3 is 9.74 Å². The van der Waals surface area contributed by atoms with Crippen molar-refractivity contribution in [3.8, 4) is 0 Å². The number of hydrogen-bond acceptors (Lipinski definition) is 4. The Morgan fingerprint density at radius 3 is 2.60 bits per heavy atom. The van der Waals surface area contributed by atoms with Crippen molar-refractivity contribution in [1.82, 2.24) is 5.32 Å². The van der Waals surface area contributed by atoms with Crippen molar-refractivity contribution >= 4 is 19.9 Å². The van der Waals surface area contributed by atoms with Crippen LogP contribution >= 0.6 is 0 Å². The normalized spacial score (nSPS) is 12.7. The summed E-state index contributed by atoms with van der Waals surface area (Å²) < 4.78 is 34.5. The van der Waals surface area contributed by atoms with Gasteiger partial charge >= 0.3 is 0 Å². The first-order valence-electron chi connectivity index (χ1n) is 5.30. The van der Waals surface area contributed by atoms with E-state index in [0.717, 1.165) is 25.6 Å². The van der Waals surface area contributed by atoms with Gasteiger partial charge in [0.05, 0.1) is 5.75 Å². The minimum Gasteiger partial charge on any atom is -0.424 e. The first-order chi connectivity index (χ1) is 7.06. The van der Waals surface area contributed by atoms with Crippen molar-refractivity contribution in [3.05, 3.63) is 0 Å². The zero-order chi connectivity index (χ0) is 11.6. The fourth-order valence-electron chi connectivity index (χ4n) is 1.10. The van der Waals surface area contributed by atoms with Crippen molar-refractivity contribution in [3.63, 3.8) is 0 Å². The van der Waals surface area contributed by atoms with Crippen molar-refractivity contribution in [2.75, 3.05) is 25.4 Å². The highest BCUT2D eigenvalue weighted by molar-refractivity contribution is 7.85. The Labute approximate surface area is 94.3 Å². The van der Waals surface area contributed by atoms with Gasteiger partial charge in [-0.3, -0.25) is 4.55 Å². The lowest BCUT2D eigenvalue weighted by atomic mass is 10.4. The van der Waals surface area contributed by atoms with E-state index in [1.54, 1.807) is 0 Å². The zero-order valence-electron chi connectivity index (χ0n) is 9.24. The second-order valence-electron chi connectivity index (χ2n) is 3.29. The van der Waals surface area contributed by atoms with E-state index in [-0.39, 0.29) is 15.5 Å². The molecule has 0 amide bonds. The molecule has 0 aromatic carbocycles. The SMILES string of the molecule is CCO[SiH2]CCCNCCCS(=O)(=O)O. The third-order valence-electron chi connectivity index (χ3n) is 1.85. The predicted molar refractivity (Wildman–Crippen MR) is 63.5 cm³/mol. The molecule has 0 rings (SSSR count). The lowest BCUT2D eigenvalue weighted by Crippen LogP contribution is -2.19. The van der Waals surface area contributed by atoms with E-state index < -0.39 is 10.1 Å². The molecule has 0 radical (unpaired) electrons. The van der Waals surface area contributed by atoms with Gasteiger partial charge in [-0.05, 0) is 38.9 Å². The lowest BCUT2D eigenvalue weighted by Gasteiger charge is -2.03. The van der Waals surface area contributed by atoms with Gasteiger partial charge in [0.15, 0.2) is 9.76 Å². The molecular formula is C8H21NO4SSi. The first kappa shape index (κ1) is 15.0. The maximum absolute atomic E-state index is 10.4. The van der Waals surface area contributed by atoms with Gasteiger partial charge in [-0.15, -0.1) is 0 Å². The van der Waals surface area contributed by atoms with E-state index in [0.29, 0.717) is 13.0 Å². The van der Waals surface area contributed by atoms with Crippen LogP contribution in [0, 0.1) is 0 Å². The van der Waals surface area contributed by atoms with Crippen LogP contribution in [0.1, 0.15) is 19.8 Å². The molecule has 0 aliphatic rings. The van der Waals surface area contributed by atoms with Gasteiger partial charge in [0.1, 0.15) is 0 Å². The third kappa shape index (κ3) is 14.0. The Balaban J connectivity index is 3.06. The molecule has 15 heavy (non-hydrogen) atoms. The summed E-state index contributed by atoms with van der Waals surface area (Å²) in [7, 11) is -4.11. The number of hydrogen-bond donors (Lipinski definition) is 2. The summed E-state index contributed by atoms with van der Waals surface area (Å²) in [6.07, 6.45) is 1.54. The number of nitrogens with one attached hydrogen (secondary N) is 1. The van der Waals surface area contributed by atoms with E-state index in [9.17, 15) is 8.42 Å². The molecule has 5 nitrogen and oxygen atoms in total. The molecule has 0 heterocycles. The Kier molecular flexibility index (Phi) is 9.31. The summed E-state index contributed by atoms with van der Waals surface area (Å²) in [6.45, 7) is 4.34. The number of rotatable bonds is 10. The molecule has 0 spiro atoms. The van der Waals surface area contributed by atoms with Gasteiger partial charge in [-0.1, -0.05) is 0 Å². The highest BCUT2D eigenvalue weighted by Gasteiger charge is 2.02. The van der Waals surface area contributed by atoms with E-state index in [2.05, 4.69) is 5.32 Å². The summed E-state index contributed by atoms with van der Waals surface area (Å²) >= 11 is 0. The summed E-state index contributed by atoms with van der Waals surface area (Å²) in [5.41, 5.74) is 0. The van der Waals surface area contributed by atoms with Gasteiger partial charge in [0.25, 0.3) is 10.1 Å². The van der Waals surface area contributed by atoms with Gasteiger partial charge in [0, 0.05) is 6.61 Å².